The van der Waals surface area contributed by atoms with Crippen LogP contribution in [0.4, 0.5) is 0 Å². The Bertz CT molecular complexity index is 377. The molecule has 0 aliphatic heterocycles. The summed E-state index contributed by atoms with van der Waals surface area (Å²) in [4.78, 5) is 11.5. The molecule has 1 unspecified atom stereocenters. The molecule has 0 aromatic carbocycles. The second-order valence-electron chi connectivity index (χ2n) is 4.35. The number of hydrogen-bond donors (Lipinski definition) is 2. The van der Waals surface area contributed by atoms with Gasteiger partial charge in [0, 0.05) is 12.2 Å². The van der Waals surface area contributed by atoms with E-state index in [1.165, 1.54) is 0 Å². The maximum atomic E-state index is 11.5. The Hall–Kier alpha value is -0.880. The van der Waals surface area contributed by atoms with Crippen molar-refractivity contribution in [1.82, 2.24) is 15.1 Å². The fourth-order valence-corrected chi connectivity index (χ4v) is 1.91. The maximum absolute atomic E-state index is 11.5. The van der Waals surface area contributed by atoms with Gasteiger partial charge in [-0.2, -0.15) is 5.10 Å². The number of primary amides is 1. The van der Waals surface area contributed by atoms with Crippen molar-refractivity contribution in [2.45, 2.75) is 38.9 Å². The van der Waals surface area contributed by atoms with Gasteiger partial charge in [0.05, 0.1) is 17.2 Å². The number of amides is 1. The van der Waals surface area contributed by atoms with Gasteiger partial charge >= 0.3 is 0 Å². The van der Waals surface area contributed by atoms with Crippen LogP contribution in [-0.4, -0.2) is 27.3 Å². The molecule has 0 saturated carbocycles. The molecule has 1 atom stereocenters. The molecular formula is C10H17BrN4O. The molecular weight excluding hydrogens is 272 g/mol. The van der Waals surface area contributed by atoms with Gasteiger partial charge < -0.3 is 5.73 Å². The Morgan fingerprint density at radius 2 is 2.38 bits per heavy atom. The highest BCUT2D eigenvalue weighted by Crippen LogP contribution is 2.12. The smallest absolute Gasteiger partial charge is 0.239 e. The van der Waals surface area contributed by atoms with E-state index in [9.17, 15) is 4.79 Å². The fourth-order valence-electron chi connectivity index (χ4n) is 1.58. The Morgan fingerprint density at radius 1 is 1.75 bits per heavy atom. The number of halogens is 1. The third kappa shape index (κ3) is 3.31. The molecule has 90 valence electrons. The predicted molar refractivity (Wildman–Crippen MR) is 65.8 cm³/mol. The first kappa shape index (κ1) is 13.2. The third-order valence-electron chi connectivity index (χ3n) is 2.23. The normalized spacial score (nSPS) is 15.1. The molecule has 0 radical (unpaired) electrons. The van der Waals surface area contributed by atoms with Crippen molar-refractivity contribution >= 4 is 21.8 Å². The molecule has 1 rings (SSSR count). The van der Waals surface area contributed by atoms with Crippen LogP contribution in [0.3, 0.4) is 0 Å². The summed E-state index contributed by atoms with van der Waals surface area (Å²) in [5.74, 6) is -0.382. The summed E-state index contributed by atoms with van der Waals surface area (Å²) in [5, 5.41) is 7.28. The first-order valence-electron chi connectivity index (χ1n) is 5.09. The molecule has 1 amide bonds. The highest BCUT2D eigenvalue weighted by molar-refractivity contribution is 9.10. The highest BCUT2D eigenvalue weighted by atomic mass is 79.9. The molecule has 0 saturated heterocycles. The number of rotatable bonds is 5. The second kappa shape index (κ2) is 4.97. The van der Waals surface area contributed by atoms with Crippen molar-refractivity contribution in [3.8, 4) is 0 Å². The minimum absolute atomic E-state index is 0.177. The van der Waals surface area contributed by atoms with Gasteiger partial charge in [0.15, 0.2) is 0 Å². The lowest BCUT2D eigenvalue weighted by atomic mass is 10.0. The van der Waals surface area contributed by atoms with Crippen molar-refractivity contribution in [3.63, 3.8) is 0 Å². The first-order chi connectivity index (χ1) is 7.33. The zero-order valence-electron chi connectivity index (χ0n) is 9.70. The summed E-state index contributed by atoms with van der Waals surface area (Å²) >= 11 is 3.31. The molecule has 1 aromatic heterocycles. The average molecular weight is 289 g/mol. The van der Waals surface area contributed by atoms with Gasteiger partial charge in [0.1, 0.15) is 5.54 Å². The number of nitrogens with zero attached hydrogens (tertiary/aromatic N) is 2. The number of aromatic nitrogens is 2. The second-order valence-corrected chi connectivity index (χ2v) is 5.27. The summed E-state index contributed by atoms with van der Waals surface area (Å²) < 4.78 is 2.56. The first-order valence-corrected chi connectivity index (χ1v) is 5.88. The van der Waals surface area contributed by atoms with E-state index < -0.39 is 5.54 Å². The lowest BCUT2D eigenvalue weighted by molar-refractivity contribution is -0.124. The van der Waals surface area contributed by atoms with E-state index in [4.69, 9.17) is 5.73 Å². The molecule has 0 spiro atoms. The molecule has 1 heterocycles. The monoisotopic (exact) mass is 288 g/mol. The van der Waals surface area contributed by atoms with Crippen LogP contribution in [0.2, 0.25) is 0 Å². The lowest BCUT2D eigenvalue weighted by Crippen LogP contribution is -2.58. The number of nitrogens with two attached hydrogens (primary N) is 1. The van der Waals surface area contributed by atoms with Crippen LogP contribution in [0.5, 0.6) is 0 Å². The summed E-state index contributed by atoms with van der Waals surface area (Å²) in [7, 11) is 0. The number of nitrogens with one attached hydrogen (secondary N) is 1. The van der Waals surface area contributed by atoms with E-state index in [1.807, 2.05) is 20.0 Å². The van der Waals surface area contributed by atoms with Crippen LogP contribution >= 0.6 is 15.9 Å². The van der Waals surface area contributed by atoms with Crippen molar-refractivity contribution in [3.05, 3.63) is 16.9 Å². The Balaban J connectivity index is 2.82. The zero-order chi connectivity index (χ0) is 12.3. The minimum atomic E-state index is -0.792. The van der Waals surface area contributed by atoms with Crippen molar-refractivity contribution < 1.29 is 4.79 Å². The summed E-state index contributed by atoms with van der Waals surface area (Å²) in [6.45, 7) is 6.14. The van der Waals surface area contributed by atoms with Crippen LogP contribution in [0.25, 0.3) is 0 Å². The van der Waals surface area contributed by atoms with E-state index in [0.29, 0.717) is 6.54 Å². The third-order valence-corrected chi connectivity index (χ3v) is 2.64. The van der Waals surface area contributed by atoms with Gasteiger partial charge in [-0.1, -0.05) is 0 Å². The van der Waals surface area contributed by atoms with Gasteiger partial charge in [0.2, 0.25) is 5.91 Å². The molecule has 0 bridgehead atoms. The Morgan fingerprint density at radius 3 is 2.75 bits per heavy atom. The van der Waals surface area contributed by atoms with Crippen LogP contribution < -0.4 is 11.1 Å². The van der Waals surface area contributed by atoms with E-state index in [-0.39, 0.29) is 11.9 Å². The largest absolute Gasteiger partial charge is 0.368 e. The maximum Gasteiger partial charge on any atom is 0.239 e. The molecule has 3 N–H and O–H groups in total. The van der Waals surface area contributed by atoms with Crippen LogP contribution in [-0.2, 0) is 11.3 Å². The van der Waals surface area contributed by atoms with Crippen LogP contribution in [0.15, 0.2) is 16.9 Å². The zero-order valence-corrected chi connectivity index (χ0v) is 11.3. The average Bonchev–Trinajstić information content (AvgIpc) is 2.49. The molecule has 6 heteroatoms. The van der Waals surface area contributed by atoms with Crippen molar-refractivity contribution in [2.75, 3.05) is 0 Å². The van der Waals surface area contributed by atoms with Gasteiger partial charge in [0.25, 0.3) is 0 Å². The fraction of sp³-hybridized carbons (Fsp3) is 0.600. The highest BCUT2D eigenvalue weighted by Gasteiger charge is 2.32. The van der Waals surface area contributed by atoms with Gasteiger partial charge in [-0.3, -0.25) is 14.8 Å². The van der Waals surface area contributed by atoms with Crippen molar-refractivity contribution in [2.24, 2.45) is 5.73 Å². The summed E-state index contributed by atoms with van der Waals surface area (Å²) in [6.07, 6.45) is 3.49. The molecule has 0 aliphatic carbocycles. The Labute approximate surface area is 104 Å². The van der Waals surface area contributed by atoms with Crippen LogP contribution in [0.1, 0.15) is 20.8 Å². The minimum Gasteiger partial charge on any atom is -0.368 e. The van der Waals surface area contributed by atoms with E-state index in [1.54, 1.807) is 17.8 Å². The van der Waals surface area contributed by atoms with E-state index in [2.05, 4.69) is 26.3 Å². The topological polar surface area (TPSA) is 72.9 Å². The number of carbonyl (C=O) groups is 1. The SMILES string of the molecule is CC(C)NC(C)(Cn1cc(Br)cn1)C(N)=O. The standard InChI is InChI=1S/C10H17BrN4O/c1-7(2)14-10(3,9(12)16)6-15-5-8(11)4-13-15/h4-5,7,14H,6H2,1-3H3,(H2,12,16). The molecule has 1 aromatic rings. The van der Waals surface area contributed by atoms with Gasteiger partial charge in [-0.05, 0) is 36.7 Å². The van der Waals surface area contributed by atoms with E-state index >= 15 is 0 Å². The molecule has 0 aliphatic rings. The predicted octanol–water partition coefficient (Wildman–Crippen LogP) is 0.888. The molecule has 0 fully saturated rings. The van der Waals surface area contributed by atoms with E-state index in [0.717, 1.165) is 4.47 Å². The summed E-state index contributed by atoms with van der Waals surface area (Å²) in [5.41, 5.74) is 4.63. The summed E-state index contributed by atoms with van der Waals surface area (Å²) in [6, 6.07) is 0.177. The molecule has 16 heavy (non-hydrogen) atoms. The number of hydrogen-bond acceptors (Lipinski definition) is 3. The number of carbonyl (C=O) groups excluding carboxylic acids is 1. The Kier molecular flexibility index (Phi) is 4.09. The van der Waals surface area contributed by atoms with Gasteiger partial charge in [-0.15, -0.1) is 0 Å². The lowest BCUT2D eigenvalue weighted by Gasteiger charge is -2.29. The molecule has 5 nitrogen and oxygen atoms in total. The quantitative estimate of drug-likeness (QED) is 0.845. The van der Waals surface area contributed by atoms with Gasteiger partial charge in [-0.25, -0.2) is 0 Å². The van der Waals surface area contributed by atoms with Crippen LogP contribution in [0, 0.1) is 0 Å². The van der Waals surface area contributed by atoms with Crippen molar-refractivity contribution in [1.29, 1.82) is 0 Å².